The molecule has 0 bridgehead atoms. The zero-order valence-electron chi connectivity index (χ0n) is 8.64. The van der Waals surface area contributed by atoms with E-state index in [9.17, 15) is 9.36 Å². The fourth-order valence-electron chi connectivity index (χ4n) is 1.37. The minimum Gasteiger partial charge on any atom is -0.300 e. The number of nitrogens with two attached hydrogens (primary N) is 2. The third-order valence-corrected chi connectivity index (χ3v) is 3.30. The molecule has 4 N–H and O–H groups in total. The Balaban J connectivity index is 2.97. The molecule has 0 aliphatic carbocycles. The first-order chi connectivity index (χ1) is 6.91. The largest absolute Gasteiger partial charge is 0.300 e. The van der Waals surface area contributed by atoms with Crippen molar-refractivity contribution in [1.82, 2.24) is 0 Å². The smallest absolute Gasteiger partial charge is 0.235 e. The van der Waals surface area contributed by atoms with Crippen LogP contribution in [0, 0.1) is 0 Å². The van der Waals surface area contributed by atoms with Crippen LogP contribution in [-0.4, -0.2) is 5.78 Å². The summed E-state index contributed by atoms with van der Waals surface area (Å²) in [6.45, 7) is 1.52. The third kappa shape index (κ3) is 3.59. The van der Waals surface area contributed by atoms with Gasteiger partial charge in [-0.3, -0.25) is 15.6 Å². The van der Waals surface area contributed by atoms with Gasteiger partial charge in [0.1, 0.15) is 5.78 Å². The fraction of sp³-hybridized carbons (Fsp3) is 0.300. The van der Waals surface area contributed by atoms with E-state index >= 15 is 0 Å². The maximum absolute atomic E-state index is 11.6. The molecule has 0 saturated carbocycles. The van der Waals surface area contributed by atoms with Crippen LogP contribution in [0.2, 0.25) is 0 Å². The van der Waals surface area contributed by atoms with Crippen molar-refractivity contribution in [2.24, 2.45) is 11.0 Å². The van der Waals surface area contributed by atoms with E-state index in [1.807, 2.05) is 6.07 Å². The van der Waals surface area contributed by atoms with Crippen molar-refractivity contribution in [2.75, 3.05) is 0 Å². The number of aryl methyl sites for hydroxylation is 1. The van der Waals surface area contributed by atoms with Gasteiger partial charge in [-0.2, -0.15) is 0 Å². The molecule has 0 fully saturated rings. The monoisotopic (exact) mass is 226 g/mol. The van der Waals surface area contributed by atoms with Gasteiger partial charge in [0.15, 0.2) is 0 Å². The highest BCUT2D eigenvalue weighted by atomic mass is 31.2. The molecular formula is C10H15N2O2P. The van der Waals surface area contributed by atoms with Crippen LogP contribution in [0.15, 0.2) is 24.3 Å². The van der Waals surface area contributed by atoms with Crippen LogP contribution >= 0.6 is 7.44 Å². The topological polar surface area (TPSA) is 86.2 Å². The summed E-state index contributed by atoms with van der Waals surface area (Å²) in [6.07, 6.45) is 0.945. The van der Waals surface area contributed by atoms with Crippen molar-refractivity contribution in [1.29, 1.82) is 0 Å². The van der Waals surface area contributed by atoms with E-state index in [2.05, 4.69) is 0 Å². The second-order valence-corrected chi connectivity index (χ2v) is 5.44. The van der Waals surface area contributed by atoms with Crippen LogP contribution in [0.5, 0.6) is 0 Å². The van der Waals surface area contributed by atoms with Gasteiger partial charge in [0.2, 0.25) is 7.44 Å². The molecule has 0 spiro atoms. The Labute approximate surface area is 89.1 Å². The number of hydrogen-bond donors (Lipinski definition) is 2. The average molecular weight is 226 g/mol. The van der Waals surface area contributed by atoms with Crippen molar-refractivity contribution in [2.45, 2.75) is 19.8 Å². The standard InChI is InChI=1S/C10H15N2O2P/c1-8(13)6-7-9-4-2-3-5-10(9)15(11,12)14/h2-5H,6-7H2,1H3,(H4,11,12,14). The predicted molar refractivity (Wildman–Crippen MR) is 61.1 cm³/mol. The third-order valence-electron chi connectivity index (χ3n) is 2.11. The van der Waals surface area contributed by atoms with E-state index < -0.39 is 7.44 Å². The van der Waals surface area contributed by atoms with Crippen LogP contribution in [0.1, 0.15) is 18.9 Å². The second kappa shape index (κ2) is 4.71. The number of ketones is 1. The zero-order chi connectivity index (χ0) is 11.5. The molecule has 0 aliphatic rings. The molecule has 0 amide bonds. The number of Topliss-reactive ketones (excluding diaryl/α,β-unsaturated/α-hetero) is 1. The van der Waals surface area contributed by atoms with Crippen LogP contribution in [0.3, 0.4) is 0 Å². The Bertz CT molecular complexity index is 412. The van der Waals surface area contributed by atoms with Crippen molar-refractivity contribution in [3.63, 3.8) is 0 Å². The highest BCUT2D eigenvalue weighted by Gasteiger charge is 2.16. The maximum atomic E-state index is 11.6. The Hall–Kier alpha value is -0.960. The molecule has 1 aromatic rings. The van der Waals surface area contributed by atoms with E-state index in [1.54, 1.807) is 18.2 Å². The van der Waals surface area contributed by atoms with Crippen LogP contribution in [-0.2, 0) is 15.8 Å². The minimum absolute atomic E-state index is 0.0914. The predicted octanol–water partition coefficient (Wildman–Crippen LogP) is 0.944. The summed E-state index contributed by atoms with van der Waals surface area (Å²) in [5.74, 6) is 0.0914. The number of carbonyl (C=O) groups is 1. The summed E-state index contributed by atoms with van der Waals surface area (Å²) < 4.78 is 11.6. The van der Waals surface area contributed by atoms with Gasteiger partial charge in [-0.15, -0.1) is 0 Å². The lowest BCUT2D eigenvalue weighted by atomic mass is 10.1. The molecule has 0 unspecified atom stereocenters. The molecule has 0 heterocycles. The Morgan fingerprint density at radius 2 is 1.93 bits per heavy atom. The van der Waals surface area contributed by atoms with E-state index in [1.165, 1.54) is 6.92 Å². The highest BCUT2D eigenvalue weighted by molar-refractivity contribution is 7.67. The van der Waals surface area contributed by atoms with Gasteiger partial charge in [-0.25, -0.2) is 0 Å². The second-order valence-electron chi connectivity index (χ2n) is 3.54. The molecule has 1 rings (SSSR count). The molecule has 0 aliphatic heterocycles. The van der Waals surface area contributed by atoms with E-state index in [4.69, 9.17) is 11.0 Å². The number of rotatable bonds is 4. The number of carbonyl (C=O) groups excluding carboxylic acids is 1. The lowest BCUT2D eigenvalue weighted by Crippen LogP contribution is -2.22. The van der Waals surface area contributed by atoms with Crippen LogP contribution < -0.4 is 16.3 Å². The molecule has 0 saturated heterocycles. The Morgan fingerprint density at radius 1 is 1.33 bits per heavy atom. The molecule has 15 heavy (non-hydrogen) atoms. The van der Waals surface area contributed by atoms with Gasteiger partial charge < -0.3 is 4.79 Å². The van der Waals surface area contributed by atoms with Gasteiger partial charge in [-0.05, 0) is 25.0 Å². The summed E-state index contributed by atoms with van der Waals surface area (Å²) >= 11 is 0. The van der Waals surface area contributed by atoms with Crippen molar-refractivity contribution in [3.8, 4) is 0 Å². The minimum atomic E-state index is -3.23. The quantitative estimate of drug-likeness (QED) is 0.748. The van der Waals surface area contributed by atoms with Crippen LogP contribution in [0.25, 0.3) is 0 Å². The summed E-state index contributed by atoms with van der Waals surface area (Å²) in [5, 5.41) is 0.464. The van der Waals surface area contributed by atoms with Gasteiger partial charge in [-0.1, -0.05) is 18.2 Å². The molecule has 0 atom stereocenters. The summed E-state index contributed by atoms with van der Waals surface area (Å²) in [4.78, 5) is 10.8. The van der Waals surface area contributed by atoms with Gasteiger partial charge in [0.05, 0.1) is 0 Å². The van der Waals surface area contributed by atoms with E-state index in [0.29, 0.717) is 18.1 Å². The zero-order valence-corrected chi connectivity index (χ0v) is 9.54. The lowest BCUT2D eigenvalue weighted by molar-refractivity contribution is -0.116. The average Bonchev–Trinajstić information content (AvgIpc) is 2.13. The molecule has 82 valence electrons. The van der Waals surface area contributed by atoms with E-state index in [-0.39, 0.29) is 5.78 Å². The van der Waals surface area contributed by atoms with Crippen molar-refractivity contribution in [3.05, 3.63) is 29.8 Å². The molecule has 0 radical (unpaired) electrons. The van der Waals surface area contributed by atoms with Crippen LogP contribution in [0.4, 0.5) is 0 Å². The van der Waals surface area contributed by atoms with Gasteiger partial charge >= 0.3 is 0 Å². The molecule has 0 aromatic heterocycles. The van der Waals surface area contributed by atoms with Gasteiger partial charge in [0, 0.05) is 11.7 Å². The van der Waals surface area contributed by atoms with Crippen molar-refractivity contribution < 1.29 is 9.36 Å². The van der Waals surface area contributed by atoms with Crippen molar-refractivity contribution >= 4 is 18.5 Å². The van der Waals surface area contributed by atoms with E-state index in [0.717, 1.165) is 5.56 Å². The maximum Gasteiger partial charge on any atom is 0.235 e. The summed E-state index contributed by atoms with van der Waals surface area (Å²) in [5.41, 5.74) is 11.6. The molecule has 4 nitrogen and oxygen atoms in total. The lowest BCUT2D eigenvalue weighted by Gasteiger charge is -2.11. The highest BCUT2D eigenvalue weighted by Crippen LogP contribution is 2.26. The summed E-state index contributed by atoms with van der Waals surface area (Å²) in [6, 6.07) is 6.99. The molecule has 5 heteroatoms. The first-order valence-electron chi connectivity index (χ1n) is 4.66. The Kier molecular flexibility index (Phi) is 3.80. The number of hydrogen-bond acceptors (Lipinski definition) is 2. The fourth-order valence-corrected chi connectivity index (χ4v) is 2.33. The first kappa shape index (κ1) is 12.1. The Morgan fingerprint density at radius 3 is 2.47 bits per heavy atom. The van der Waals surface area contributed by atoms with Gasteiger partial charge in [0.25, 0.3) is 0 Å². The molecular weight excluding hydrogens is 211 g/mol. The summed E-state index contributed by atoms with van der Waals surface area (Å²) in [7, 11) is -3.23. The first-order valence-corrected chi connectivity index (χ1v) is 6.51. The number of benzene rings is 1. The SMILES string of the molecule is CC(=O)CCc1ccccc1P(N)(N)=O. The molecule has 1 aromatic carbocycles. The normalized spacial score (nSPS) is 11.4.